The molecular formula is C31H33N5O2S. The smallest absolute Gasteiger partial charge is 0.248 e. The number of nitrogens with zero attached hydrogens (tertiary/aromatic N) is 3. The molecule has 7 nitrogen and oxygen atoms in total. The Bertz CT molecular complexity index is 1470. The van der Waals surface area contributed by atoms with Gasteiger partial charge in [0, 0.05) is 30.1 Å². The first-order valence-electron chi connectivity index (χ1n) is 12.8. The van der Waals surface area contributed by atoms with Gasteiger partial charge in [-0.1, -0.05) is 66.7 Å². The van der Waals surface area contributed by atoms with Gasteiger partial charge in [0.05, 0.1) is 5.25 Å². The number of hydrogen-bond acceptors (Lipinski definition) is 5. The molecule has 0 saturated carbocycles. The number of nitrogens with one attached hydrogen (secondary N) is 2. The van der Waals surface area contributed by atoms with Crippen LogP contribution in [0.5, 0.6) is 0 Å². The van der Waals surface area contributed by atoms with Crippen molar-refractivity contribution < 1.29 is 9.59 Å². The molecule has 2 N–H and O–H groups in total. The molecule has 0 radical (unpaired) electrons. The highest BCUT2D eigenvalue weighted by atomic mass is 32.2. The van der Waals surface area contributed by atoms with Crippen LogP contribution < -0.4 is 10.6 Å². The predicted octanol–water partition coefficient (Wildman–Crippen LogP) is 6.57. The van der Waals surface area contributed by atoms with Crippen molar-refractivity contribution in [3.63, 3.8) is 0 Å². The van der Waals surface area contributed by atoms with Crippen LogP contribution in [-0.2, 0) is 16.6 Å². The van der Waals surface area contributed by atoms with E-state index in [1.807, 2.05) is 87.0 Å². The van der Waals surface area contributed by atoms with Crippen LogP contribution in [0.2, 0.25) is 0 Å². The minimum atomic E-state index is -0.317. The molecule has 3 aromatic carbocycles. The molecule has 4 aromatic rings. The summed E-state index contributed by atoms with van der Waals surface area (Å²) in [5.74, 6) is 0.423. The van der Waals surface area contributed by atoms with Crippen LogP contribution in [0.15, 0.2) is 78.0 Å². The van der Waals surface area contributed by atoms with Gasteiger partial charge >= 0.3 is 0 Å². The molecule has 0 aliphatic heterocycles. The van der Waals surface area contributed by atoms with Crippen molar-refractivity contribution in [2.24, 2.45) is 7.05 Å². The number of aryl methyl sites for hydroxylation is 3. The van der Waals surface area contributed by atoms with Gasteiger partial charge in [-0.25, -0.2) is 0 Å². The van der Waals surface area contributed by atoms with Crippen molar-refractivity contribution in [2.75, 3.05) is 10.6 Å². The maximum atomic E-state index is 13.1. The highest BCUT2D eigenvalue weighted by molar-refractivity contribution is 8.00. The third-order valence-corrected chi connectivity index (χ3v) is 7.71. The second kappa shape index (κ2) is 12.6. The lowest BCUT2D eigenvalue weighted by atomic mass is 10.0. The van der Waals surface area contributed by atoms with Crippen molar-refractivity contribution in [1.82, 2.24) is 14.8 Å². The zero-order valence-corrected chi connectivity index (χ0v) is 23.7. The van der Waals surface area contributed by atoms with Crippen LogP contribution in [0, 0.1) is 20.8 Å². The van der Waals surface area contributed by atoms with E-state index in [9.17, 15) is 9.59 Å². The Morgan fingerprint density at radius 3 is 2.26 bits per heavy atom. The maximum Gasteiger partial charge on any atom is 0.248 e. The first kappa shape index (κ1) is 27.9. The predicted molar refractivity (Wildman–Crippen MR) is 160 cm³/mol. The minimum Gasteiger partial charge on any atom is -0.325 e. The van der Waals surface area contributed by atoms with Crippen LogP contribution in [-0.4, -0.2) is 31.8 Å². The third-order valence-electron chi connectivity index (χ3n) is 6.31. The third kappa shape index (κ3) is 7.03. The summed E-state index contributed by atoms with van der Waals surface area (Å²) >= 11 is 1.40. The molecule has 0 aliphatic carbocycles. The zero-order valence-electron chi connectivity index (χ0n) is 22.9. The fraction of sp³-hybridized carbons (Fsp3) is 0.226. The molecule has 1 heterocycles. The van der Waals surface area contributed by atoms with E-state index >= 15 is 0 Å². The number of rotatable bonds is 9. The Morgan fingerprint density at radius 1 is 0.949 bits per heavy atom. The summed E-state index contributed by atoms with van der Waals surface area (Å²) in [4.78, 5) is 25.4. The molecule has 1 unspecified atom stereocenters. The molecule has 2 amide bonds. The average molecular weight is 540 g/mol. The van der Waals surface area contributed by atoms with Crippen molar-refractivity contribution >= 4 is 41.0 Å². The highest BCUT2D eigenvalue weighted by Crippen LogP contribution is 2.30. The number of carbonyl (C=O) groups is 2. The molecule has 0 saturated heterocycles. The molecular weight excluding hydrogens is 506 g/mol. The maximum absolute atomic E-state index is 13.1. The highest BCUT2D eigenvalue weighted by Gasteiger charge is 2.23. The number of benzene rings is 3. The minimum absolute atomic E-state index is 0.0523. The summed E-state index contributed by atoms with van der Waals surface area (Å²) < 4.78 is 1.89. The summed E-state index contributed by atoms with van der Waals surface area (Å²) in [6, 6.07) is 21.3. The molecule has 39 heavy (non-hydrogen) atoms. The van der Waals surface area contributed by atoms with E-state index in [0.29, 0.717) is 23.1 Å². The van der Waals surface area contributed by atoms with Gasteiger partial charge in [0.15, 0.2) is 11.0 Å². The summed E-state index contributed by atoms with van der Waals surface area (Å²) in [5.41, 5.74) is 6.64. The molecule has 4 rings (SSSR count). The van der Waals surface area contributed by atoms with Crippen LogP contribution in [0.25, 0.3) is 17.5 Å². The summed E-state index contributed by atoms with van der Waals surface area (Å²) in [5, 5.41) is 15.1. The number of amides is 2. The van der Waals surface area contributed by atoms with Gasteiger partial charge in [0.2, 0.25) is 11.8 Å². The molecule has 1 aromatic heterocycles. The Balaban J connectivity index is 1.41. The Labute approximate surface area is 233 Å². The van der Waals surface area contributed by atoms with Crippen LogP contribution >= 0.6 is 11.8 Å². The van der Waals surface area contributed by atoms with Gasteiger partial charge in [0.25, 0.3) is 0 Å². The largest absolute Gasteiger partial charge is 0.325 e. The van der Waals surface area contributed by atoms with E-state index in [1.54, 1.807) is 6.08 Å². The van der Waals surface area contributed by atoms with E-state index < -0.39 is 0 Å². The lowest BCUT2D eigenvalue weighted by Crippen LogP contribution is -2.25. The number of anilines is 2. The van der Waals surface area contributed by atoms with Crippen LogP contribution in [0.3, 0.4) is 0 Å². The molecule has 0 aliphatic rings. The summed E-state index contributed by atoms with van der Waals surface area (Å²) in [7, 11) is 1.89. The van der Waals surface area contributed by atoms with Crippen molar-refractivity contribution in [1.29, 1.82) is 0 Å². The number of carbonyl (C=O) groups excluding carboxylic acids is 2. The van der Waals surface area contributed by atoms with E-state index in [4.69, 9.17) is 0 Å². The Kier molecular flexibility index (Phi) is 8.99. The van der Waals surface area contributed by atoms with Gasteiger partial charge in [-0.15, -0.1) is 10.2 Å². The van der Waals surface area contributed by atoms with E-state index in [1.165, 1.54) is 23.4 Å². The fourth-order valence-corrected chi connectivity index (χ4v) is 5.24. The summed E-state index contributed by atoms with van der Waals surface area (Å²) in [6.45, 7) is 8.06. The van der Waals surface area contributed by atoms with Crippen LogP contribution in [0.4, 0.5) is 11.4 Å². The first-order chi connectivity index (χ1) is 18.7. The van der Waals surface area contributed by atoms with Crippen molar-refractivity contribution in [3.05, 3.63) is 95.1 Å². The van der Waals surface area contributed by atoms with Gasteiger partial charge < -0.3 is 15.2 Å². The second-order valence-electron chi connectivity index (χ2n) is 9.45. The normalized spacial score (nSPS) is 11.9. The quantitative estimate of drug-likeness (QED) is 0.186. The van der Waals surface area contributed by atoms with Gasteiger partial charge in [-0.2, -0.15) is 0 Å². The standard InChI is InChI=1S/C31H33N5O2S/c1-6-26(30(38)33-28-21(3)18-20(2)19-22(28)4)39-31-35-34-29(36(31)5)24-13-15-25(16-14-24)32-27(37)17-12-23-10-8-7-9-11-23/h7-19,26H,6H2,1-5H3,(H,32,37)(H,33,38)/b17-12+. The second-order valence-corrected chi connectivity index (χ2v) is 10.6. The average Bonchev–Trinajstić information content (AvgIpc) is 3.28. The lowest BCUT2D eigenvalue weighted by Gasteiger charge is -2.17. The zero-order chi connectivity index (χ0) is 27.9. The molecule has 8 heteroatoms. The molecule has 1 atom stereocenters. The van der Waals surface area contributed by atoms with E-state index in [-0.39, 0.29) is 17.1 Å². The number of aromatic nitrogens is 3. The lowest BCUT2D eigenvalue weighted by molar-refractivity contribution is -0.115. The first-order valence-corrected chi connectivity index (χ1v) is 13.7. The van der Waals surface area contributed by atoms with Crippen molar-refractivity contribution in [2.45, 2.75) is 44.5 Å². The van der Waals surface area contributed by atoms with Gasteiger partial charge in [-0.3, -0.25) is 9.59 Å². The summed E-state index contributed by atoms with van der Waals surface area (Å²) in [6.07, 6.45) is 3.93. The van der Waals surface area contributed by atoms with Gasteiger partial charge in [0.1, 0.15) is 0 Å². The monoisotopic (exact) mass is 539 g/mol. The topological polar surface area (TPSA) is 88.9 Å². The van der Waals surface area contributed by atoms with E-state index in [2.05, 4.69) is 39.9 Å². The molecule has 0 bridgehead atoms. The Morgan fingerprint density at radius 2 is 1.62 bits per heavy atom. The van der Waals surface area contributed by atoms with Gasteiger partial charge in [-0.05, 0) is 74.2 Å². The fourth-order valence-electron chi connectivity index (χ4n) is 4.32. The van der Waals surface area contributed by atoms with E-state index in [0.717, 1.165) is 27.9 Å². The molecule has 0 spiro atoms. The number of hydrogen-bond donors (Lipinski definition) is 2. The molecule has 200 valence electrons. The molecule has 0 fully saturated rings. The van der Waals surface area contributed by atoms with Crippen molar-refractivity contribution in [3.8, 4) is 11.4 Å². The Hall–Kier alpha value is -4.17. The SMILES string of the molecule is CCC(Sc1nnc(-c2ccc(NC(=O)/C=C/c3ccccc3)cc2)n1C)C(=O)Nc1c(C)cc(C)cc1C. The number of thioether (sulfide) groups is 1. The van der Waals surface area contributed by atoms with Crippen LogP contribution in [0.1, 0.15) is 35.6 Å².